The maximum atomic E-state index is 12.5. The predicted octanol–water partition coefficient (Wildman–Crippen LogP) is 4.68. The second-order valence-corrected chi connectivity index (χ2v) is 9.23. The van der Waals surface area contributed by atoms with E-state index < -0.39 is 12.1 Å². The first-order chi connectivity index (χ1) is 15.0. The van der Waals surface area contributed by atoms with Crippen LogP contribution in [0.1, 0.15) is 53.6 Å². The molecule has 2 aromatic rings. The number of ether oxygens (including phenoxy) is 1. The smallest absolute Gasteiger partial charge is 0.417 e. The molecule has 162 valence electrons. The number of nitrogens with one attached hydrogen (secondary N) is 1. The van der Waals surface area contributed by atoms with Gasteiger partial charge in [0, 0.05) is 17.1 Å². The van der Waals surface area contributed by atoms with E-state index in [0.717, 1.165) is 13.0 Å². The molecule has 0 aromatic heterocycles. The molecule has 1 saturated heterocycles. The van der Waals surface area contributed by atoms with Crippen molar-refractivity contribution in [2.75, 3.05) is 18.9 Å². The van der Waals surface area contributed by atoms with Crippen molar-refractivity contribution in [3.63, 3.8) is 0 Å². The van der Waals surface area contributed by atoms with E-state index in [1.54, 1.807) is 12.1 Å². The topological polar surface area (TPSA) is 78.9 Å². The Morgan fingerprint density at radius 2 is 1.94 bits per heavy atom. The Bertz CT molecular complexity index is 1020. The van der Waals surface area contributed by atoms with E-state index in [4.69, 9.17) is 9.84 Å². The van der Waals surface area contributed by atoms with Crippen LogP contribution in [0.4, 0.5) is 10.5 Å². The lowest BCUT2D eigenvalue weighted by Crippen LogP contribution is -2.59. The predicted molar refractivity (Wildman–Crippen MR) is 118 cm³/mol. The number of anilines is 1. The van der Waals surface area contributed by atoms with Gasteiger partial charge in [-0.1, -0.05) is 18.9 Å². The Balaban J connectivity index is 1.37. The Labute approximate surface area is 182 Å². The number of carboxylic acids is 1. The molecule has 3 atom stereocenters. The molecule has 6 heteroatoms. The molecule has 2 fully saturated rings. The Morgan fingerprint density at radius 1 is 1.13 bits per heavy atom. The summed E-state index contributed by atoms with van der Waals surface area (Å²) in [4.78, 5) is 26.0. The summed E-state index contributed by atoms with van der Waals surface area (Å²) in [5, 5.41) is 11.7. The first-order valence-electron chi connectivity index (χ1n) is 11.1. The van der Waals surface area contributed by atoms with Crippen LogP contribution in [0.2, 0.25) is 0 Å². The largest absolute Gasteiger partial charge is 0.478 e. The molecule has 31 heavy (non-hydrogen) atoms. The van der Waals surface area contributed by atoms with Gasteiger partial charge in [-0.2, -0.15) is 0 Å². The minimum atomic E-state index is -1.00. The van der Waals surface area contributed by atoms with Gasteiger partial charge in [-0.05, 0) is 92.7 Å². The van der Waals surface area contributed by atoms with Crippen molar-refractivity contribution >= 4 is 17.7 Å². The number of rotatable bonds is 3. The second kappa shape index (κ2) is 7.68. The summed E-state index contributed by atoms with van der Waals surface area (Å²) >= 11 is 0. The van der Waals surface area contributed by atoms with Gasteiger partial charge in [0.25, 0.3) is 0 Å². The number of fused-ring (bicyclic) bond motifs is 1. The summed E-state index contributed by atoms with van der Waals surface area (Å²) in [6.45, 7) is 1.12. The molecule has 1 amide bonds. The number of likely N-dealkylation sites (N-methyl/N-ethyl adjacent to an activating group) is 1. The minimum Gasteiger partial charge on any atom is -0.478 e. The van der Waals surface area contributed by atoms with Crippen LogP contribution in [-0.2, 0) is 11.8 Å². The van der Waals surface area contributed by atoms with Crippen LogP contribution in [0.5, 0.6) is 5.75 Å². The van der Waals surface area contributed by atoms with Gasteiger partial charge >= 0.3 is 12.1 Å². The van der Waals surface area contributed by atoms with Crippen molar-refractivity contribution in [1.29, 1.82) is 0 Å². The van der Waals surface area contributed by atoms with E-state index in [2.05, 4.69) is 29.4 Å². The lowest BCUT2D eigenvalue weighted by atomic mass is 9.52. The van der Waals surface area contributed by atoms with Crippen molar-refractivity contribution < 1.29 is 19.4 Å². The number of amides is 1. The number of benzene rings is 2. The summed E-state index contributed by atoms with van der Waals surface area (Å²) in [6, 6.07) is 12.8. The molecule has 1 unspecified atom stereocenters. The maximum absolute atomic E-state index is 12.5. The highest BCUT2D eigenvalue weighted by Gasteiger charge is 2.53. The third-order valence-electron chi connectivity index (χ3n) is 7.67. The van der Waals surface area contributed by atoms with Gasteiger partial charge < -0.3 is 14.7 Å². The number of carboxylic acid groups (broad SMARTS) is 1. The van der Waals surface area contributed by atoms with Crippen LogP contribution in [0.25, 0.3) is 0 Å². The summed E-state index contributed by atoms with van der Waals surface area (Å²) in [7, 11) is 2.26. The molecule has 0 spiro atoms. The zero-order valence-corrected chi connectivity index (χ0v) is 17.8. The van der Waals surface area contributed by atoms with Crippen molar-refractivity contribution in [3.8, 4) is 5.75 Å². The first kappa shape index (κ1) is 20.1. The Morgan fingerprint density at radius 3 is 2.71 bits per heavy atom. The Hall–Kier alpha value is -2.86. The molecule has 2 aliphatic carbocycles. The fourth-order valence-electron chi connectivity index (χ4n) is 6.19. The average Bonchev–Trinajstić information content (AvgIpc) is 2.77. The van der Waals surface area contributed by atoms with Crippen LogP contribution in [-0.4, -0.2) is 41.7 Å². The number of hydrogen-bond donors (Lipinski definition) is 2. The van der Waals surface area contributed by atoms with E-state index in [-0.39, 0.29) is 11.0 Å². The normalized spacial score (nSPS) is 27.0. The molecule has 2 bridgehead atoms. The van der Waals surface area contributed by atoms with E-state index in [1.165, 1.54) is 55.4 Å². The highest BCUT2D eigenvalue weighted by molar-refractivity contribution is 5.90. The lowest BCUT2D eigenvalue weighted by Gasteiger charge is -2.58. The number of piperidine rings is 1. The second-order valence-electron chi connectivity index (χ2n) is 9.23. The van der Waals surface area contributed by atoms with Crippen LogP contribution in [0, 0.1) is 5.92 Å². The number of aromatic carboxylic acids is 1. The van der Waals surface area contributed by atoms with Crippen LogP contribution in [0.3, 0.4) is 0 Å². The molecular weight excluding hydrogens is 392 g/mol. The molecule has 6 nitrogen and oxygen atoms in total. The highest BCUT2D eigenvalue weighted by Crippen LogP contribution is 2.55. The zero-order chi connectivity index (χ0) is 21.6. The van der Waals surface area contributed by atoms with Crippen molar-refractivity contribution in [3.05, 3.63) is 59.2 Å². The summed E-state index contributed by atoms with van der Waals surface area (Å²) in [5.41, 5.74) is 3.67. The molecule has 5 rings (SSSR count). The van der Waals surface area contributed by atoms with E-state index in [1.807, 2.05) is 6.07 Å². The van der Waals surface area contributed by atoms with Gasteiger partial charge in [0.2, 0.25) is 0 Å². The molecular formula is C25H28N2O4. The quantitative estimate of drug-likeness (QED) is 0.754. The molecule has 1 saturated carbocycles. The van der Waals surface area contributed by atoms with Gasteiger partial charge in [0.15, 0.2) is 0 Å². The van der Waals surface area contributed by atoms with Gasteiger partial charge in [-0.25, -0.2) is 9.59 Å². The standard InChI is InChI=1S/C25H28N2O4/c1-27-13-12-25-11-3-2-4-20(25)22(27)14-17-7-10-19(15-21(17)25)31-24(30)26-18-8-5-16(6-9-18)23(28)29/h5-10,15,20,22H,2-4,11-14H2,1H3,(H,26,30)(H,28,29)/t20-,22+,25?/m0/s1. The highest BCUT2D eigenvalue weighted by atomic mass is 16.6. The zero-order valence-electron chi connectivity index (χ0n) is 17.8. The van der Waals surface area contributed by atoms with Crippen molar-refractivity contribution in [2.45, 2.75) is 50.0 Å². The van der Waals surface area contributed by atoms with Gasteiger partial charge in [-0.15, -0.1) is 0 Å². The Kier molecular flexibility index (Phi) is 4.97. The van der Waals surface area contributed by atoms with Crippen LogP contribution >= 0.6 is 0 Å². The first-order valence-corrected chi connectivity index (χ1v) is 11.1. The van der Waals surface area contributed by atoms with Gasteiger partial charge in [0.05, 0.1) is 5.56 Å². The fraction of sp³-hybridized carbons (Fsp3) is 0.440. The fourth-order valence-corrected chi connectivity index (χ4v) is 6.19. The molecule has 0 radical (unpaired) electrons. The monoisotopic (exact) mass is 420 g/mol. The average molecular weight is 421 g/mol. The lowest BCUT2D eigenvalue weighted by molar-refractivity contribution is 0.00275. The minimum absolute atomic E-state index is 0.173. The molecule has 1 heterocycles. The van der Waals surface area contributed by atoms with Crippen LogP contribution < -0.4 is 10.1 Å². The molecule has 1 aliphatic heterocycles. The van der Waals surface area contributed by atoms with E-state index in [9.17, 15) is 9.59 Å². The van der Waals surface area contributed by atoms with E-state index >= 15 is 0 Å². The van der Waals surface area contributed by atoms with Gasteiger partial charge in [0.1, 0.15) is 5.75 Å². The summed E-state index contributed by atoms with van der Waals surface area (Å²) in [6.07, 6.45) is 6.75. The molecule has 3 aliphatic rings. The van der Waals surface area contributed by atoms with Crippen molar-refractivity contribution in [2.24, 2.45) is 5.92 Å². The van der Waals surface area contributed by atoms with Crippen LogP contribution in [0.15, 0.2) is 42.5 Å². The number of nitrogens with zero attached hydrogens (tertiary/aromatic N) is 1. The third-order valence-corrected chi connectivity index (χ3v) is 7.67. The van der Waals surface area contributed by atoms with Crippen molar-refractivity contribution in [1.82, 2.24) is 4.90 Å². The summed E-state index contributed by atoms with van der Waals surface area (Å²) < 4.78 is 5.62. The summed E-state index contributed by atoms with van der Waals surface area (Å²) in [5.74, 6) is 0.249. The molecule has 2 aromatic carbocycles. The third kappa shape index (κ3) is 3.49. The van der Waals surface area contributed by atoms with E-state index in [0.29, 0.717) is 23.4 Å². The maximum Gasteiger partial charge on any atom is 0.417 e. The number of likely N-dealkylation sites (tertiary alicyclic amines) is 1. The number of carbonyl (C=O) groups excluding carboxylic acids is 1. The SMILES string of the molecule is CN1CCC23CCCC[C@H]2[C@H]1Cc1ccc(OC(=O)Nc2ccc(C(=O)O)cc2)cc13. The van der Waals surface area contributed by atoms with Gasteiger partial charge in [-0.3, -0.25) is 5.32 Å². The molecule has 2 N–H and O–H groups in total. The number of hydrogen-bond acceptors (Lipinski definition) is 4. The number of carbonyl (C=O) groups is 2.